The number of rotatable bonds is 5. The van der Waals surface area contributed by atoms with Crippen molar-refractivity contribution in [3.8, 4) is 0 Å². The van der Waals surface area contributed by atoms with Crippen LogP contribution in [0.1, 0.15) is 53.7 Å². The lowest BCUT2D eigenvalue weighted by atomic mass is 9.84. The summed E-state index contributed by atoms with van der Waals surface area (Å²) < 4.78 is 11.4. The van der Waals surface area contributed by atoms with Crippen LogP contribution in [0, 0.1) is 12.3 Å². The Bertz CT molecular complexity index is 1070. The molecule has 4 nitrogen and oxygen atoms in total. The molecule has 4 rings (SSSR count). The van der Waals surface area contributed by atoms with Gasteiger partial charge in [0.15, 0.2) is 11.4 Å². The van der Waals surface area contributed by atoms with Crippen molar-refractivity contribution in [2.24, 2.45) is 10.6 Å². The summed E-state index contributed by atoms with van der Waals surface area (Å²) in [5.41, 5.74) is 3.43. The van der Waals surface area contributed by atoms with Gasteiger partial charge in [-0.05, 0) is 54.7 Å². The van der Waals surface area contributed by atoms with Gasteiger partial charge in [-0.3, -0.25) is 9.00 Å². The van der Waals surface area contributed by atoms with Gasteiger partial charge in [0.05, 0.1) is 5.71 Å². The topological polar surface area (TPSA) is 55.7 Å². The molecule has 2 heterocycles. The Morgan fingerprint density at radius 2 is 1.80 bits per heavy atom. The van der Waals surface area contributed by atoms with E-state index in [1.165, 1.54) is 0 Å². The lowest BCUT2D eigenvalue weighted by molar-refractivity contribution is -0.00737. The molecule has 0 amide bonds. The molecular weight excluding hydrogens is 441 g/mol. The van der Waals surface area contributed by atoms with Crippen molar-refractivity contribution < 1.29 is 13.8 Å². The van der Waals surface area contributed by atoms with Crippen molar-refractivity contribution >= 4 is 45.5 Å². The first-order valence-corrected chi connectivity index (χ1v) is 12.0. The quantitative estimate of drug-likeness (QED) is 0.535. The number of aryl methyl sites for hydroxylation is 1. The van der Waals surface area contributed by atoms with Crippen molar-refractivity contribution in [2.45, 2.75) is 39.2 Å². The van der Waals surface area contributed by atoms with E-state index < -0.39 is 16.4 Å². The van der Waals surface area contributed by atoms with Crippen LogP contribution >= 0.6 is 23.2 Å². The van der Waals surface area contributed by atoms with E-state index in [2.05, 4.69) is 5.16 Å². The van der Waals surface area contributed by atoms with Crippen molar-refractivity contribution in [3.05, 3.63) is 68.7 Å². The van der Waals surface area contributed by atoms with Crippen LogP contribution in [0.2, 0.25) is 10.0 Å². The molecule has 1 fully saturated rings. The normalized spacial score (nSPS) is 27.9. The van der Waals surface area contributed by atoms with E-state index in [1.807, 2.05) is 51.1 Å². The van der Waals surface area contributed by atoms with Gasteiger partial charge >= 0.3 is 0 Å². The number of Topliss-reactive ketones (excluding diaryl/α,β-unsaturated/α-hetero) is 1. The molecule has 1 unspecified atom stereocenters. The molecule has 1 atom stereocenters. The summed E-state index contributed by atoms with van der Waals surface area (Å²) in [6.45, 7) is 5.92. The Morgan fingerprint density at radius 1 is 1.13 bits per heavy atom. The molecule has 7 heteroatoms. The van der Waals surface area contributed by atoms with E-state index in [-0.39, 0.29) is 11.2 Å². The standard InChI is InChI=1S/C23H23Cl2NO3S/c1-14-6-15(4-5-19(14)21(27)11-22(2)12-30(28)13-22)20-10-23(3,29-26-20)16-7-17(24)9-18(25)8-16/h4-9H,10-13H2,1-3H3. The number of halogens is 2. The second-order valence-corrected chi connectivity index (χ2v) is 11.2. The molecule has 0 aliphatic carbocycles. The van der Waals surface area contributed by atoms with E-state index in [4.69, 9.17) is 28.0 Å². The first-order valence-electron chi connectivity index (χ1n) is 9.78. The minimum absolute atomic E-state index is 0.0984. The zero-order chi connectivity index (χ0) is 21.7. The minimum atomic E-state index is -0.770. The summed E-state index contributed by atoms with van der Waals surface area (Å²) in [5, 5.41) is 5.42. The molecule has 2 aromatic carbocycles. The Hall–Kier alpha value is -1.69. The Labute approximate surface area is 189 Å². The van der Waals surface area contributed by atoms with Gasteiger partial charge in [0, 0.05) is 56.3 Å². The van der Waals surface area contributed by atoms with Gasteiger partial charge in [0.2, 0.25) is 0 Å². The van der Waals surface area contributed by atoms with E-state index in [9.17, 15) is 9.00 Å². The average molecular weight is 464 g/mol. The number of hydrogen-bond donors (Lipinski definition) is 0. The molecule has 0 aromatic heterocycles. The monoisotopic (exact) mass is 463 g/mol. The molecule has 1 saturated heterocycles. The molecule has 2 aliphatic heterocycles. The maximum atomic E-state index is 12.8. The molecule has 0 N–H and O–H groups in total. The molecule has 0 saturated carbocycles. The molecule has 2 aliphatic rings. The fourth-order valence-electron chi connectivity index (χ4n) is 4.18. The van der Waals surface area contributed by atoms with E-state index in [0.717, 1.165) is 22.4 Å². The average Bonchev–Trinajstić information content (AvgIpc) is 3.03. The lowest BCUT2D eigenvalue weighted by Crippen LogP contribution is -2.43. The highest BCUT2D eigenvalue weighted by atomic mass is 35.5. The Kier molecular flexibility index (Phi) is 5.58. The van der Waals surface area contributed by atoms with Crippen LogP contribution < -0.4 is 0 Å². The Balaban J connectivity index is 1.51. The van der Waals surface area contributed by atoms with Crippen LogP contribution in [0.3, 0.4) is 0 Å². The third-order valence-electron chi connectivity index (χ3n) is 5.80. The van der Waals surface area contributed by atoms with Gasteiger partial charge in [0.1, 0.15) is 0 Å². The number of nitrogens with zero attached hydrogens (tertiary/aromatic N) is 1. The molecule has 30 heavy (non-hydrogen) atoms. The number of hydrogen-bond acceptors (Lipinski definition) is 4. The highest BCUT2D eigenvalue weighted by molar-refractivity contribution is 7.86. The predicted molar refractivity (Wildman–Crippen MR) is 122 cm³/mol. The summed E-state index contributed by atoms with van der Waals surface area (Å²) >= 11 is 12.3. The van der Waals surface area contributed by atoms with Gasteiger partial charge in [0.25, 0.3) is 0 Å². The third kappa shape index (κ3) is 4.20. The largest absolute Gasteiger partial charge is 0.384 e. The predicted octanol–water partition coefficient (Wildman–Crippen LogP) is 5.68. The first kappa shape index (κ1) is 21.5. The lowest BCUT2D eigenvalue weighted by Gasteiger charge is -2.36. The van der Waals surface area contributed by atoms with E-state index in [0.29, 0.717) is 40.0 Å². The molecule has 2 aromatic rings. The second-order valence-electron chi connectivity index (χ2n) is 8.86. The van der Waals surface area contributed by atoms with Crippen molar-refractivity contribution in [1.29, 1.82) is 0 Å². The minimum Gasteiger partial charge on any atom is -0.384 e. The van der Waals surface area contributed by atoms with Crippen molar-refractivity contribution in [2.75, 3.05) is 11.5 Å². The smallest absolute Gasteiger partial charge is 0.165 e. The van der Waals surface area contributed by atoms with Gasteiger partial charge < -0.3 is 4.84 Å². The number of benzene rings is 2. The van der Waals surface area contributed by atoms with Crippen molar-refractivity contribution in [3.63, 3.8) is 0 Å². The second kappa shape index (κ2) is 7.77. The molecule has 0 radical (unpaired) electrons. The SMILES string of the molecule is Cc1cc(C2=NOC(C)(c3cc(Cl)cc(Cl)c3)C2)ccc1C(=O)CC1(C)CS(=O)C1. The molecule has 0 bridgehead atoms. The van der Waals surface area contributed by atoms with E-state index >= 15 is 0 Å². The zero-order valence-electron chi connectivity index (χ0n) is 17.1. The Morgan fingerprint density at radius 3 is 2.40 bits per heavy atom. The number of carbonyl (C=O) groups excluding carboxylic acids is 1. The number of oxime groups is 1. The summed E-state index contributed by atoms with van der Waals surface area (Å²) in [6.07, 6.45) is 0.997. The maximum absolute atomic E-state index is 12.8. The van der Waals surface area contributed by atoms with Crippen LogP contribution in [-0.2, 0) is 21.2 Å². The van der Waals surface area contributed by atoms with E-state index in [1.54, 1.807) is 6.07 Å². The zero-order valence-corrected chi connectivity index (χ0v) is 19.5. The summed E-state index contributed by atoms with van der Waals surface area (Å²) in [6, 6.07) is 11.1. The highest BCUT2D eigenvalue weighted by Crippen LogP contribution is 2.39. The molecule has 0 spiro atoms. The van der Waals surface area contributed by atoms with Crippen LogP contribution in [0.4, 0.5) is 0 Å². The summed E-state index contributed by atoms with van der Waals surface area (Å²) in [5.74, 6) is 1.31. The third-order valence-corrected chi connectivity index (χ3v) is 8.28. The van der Waals surface area contributed by atoms with Gasteiger partial charge in [-0.2, -0.15) is 0 Å². The van der Waals surface area contributed by atoms with Crippen LogP contribution in [0.25, 0.3) is 0 Å². The highest BCUT2D eigenvalue weighted by Gasteiger charge is 2.40. The fourth-order valence-corrected chi connectivity index (χ4v) is 6.38. The fraction of sp³-hybridized carbons (Fsp3) is 0.391. The van der Waals surface area contributed by atoms with Crippen LogP contribution in [0.5, 0.6) is 0 Å². The molecule has 158 valence electrons. The van der Waals surface area contributed by atoms with Crippen LogP contribution in [-0.4, -0.2) is 27.2 Å². The summed E-state index contributed by atoms with van der Waals surface area (Å²) in [4.78, 5) is 18.6. The first-order chi connectivity index (χ1) is 14.1. The number of carbonyl (C=O) groups is 1. The van der Waals surface area contributed by atoms with Gasteiger partial charge in [-0.1, -0.05) is 47.4 Å². The van der Waals surface area contributed by atoms with Gasteiger partial charge in [-0.25, -0.2) is 0 Å². The molecular formula is C23H23Cl2NO3S. The van der Waals surface area contributed by atoms with Crippen LogP contribution in [0.15, 0.2) is 41.6 Å². The summed E-state index contributed by atoms with van der Waals surface area (Å²) in [7, 11) is -0.770. The van der Waals surface area contributed by atoms with Gasteiger partial charge in [-0.15, -0.1) is 0 Å². The van der Waals surface area contributed by atoms with Crippen molar-refractivity contribution in [1.82, 2.24) is 0 Å². The maximum Gasteiger partial charge on any atom is 0.165 e. The number of ketones is 1.